The van der Waals surface area contributed by atoms with Crippen LogP contribution in [0.15, 0.2) is 243 Å². The number of hydrogen-bond acceptors (Lipinski definition) is 26. The molecule has 0 aliphatic carbocycles. The molecule has 10 aromatic heterocycles. The van der Waals surface area contributed by atoms with Gasteiger partial charge in [-0.1, -0.05) is 184 Å². The van der Waals surface area contributed by atoms with E-state index in [1.54, 1.807) is 24.5 Å². The molecule has 3 N–H and O–H groups in total. The van der Waals surface area contributed by atoms with E-state index in [4.69, 9.17) is 69.1 Å². The van der Waals surface area contributed by atoms with E-state index in [0.29, 0.717) is 47.1 Å². The first-order valence-corrected chi connectivity index (χ1v) is 46.6. The summed E-state index contributed by atoms with van der Waals surface area (Å²) < 4.78 is 119. The van der Waals surface area contributed by atoms with Crippen LogP contribution < -0.4 is 34.2 Å². The third-order valence-corrected chi connectivity index (χ3v) is 20.9. The van der Waals surface area contributed by atoms with Crippen molar-refractivity contribution >= 4 is 107 Å². The number of alkyl halides is 7. The first-order chi connectivity index (χ1) is 72.6. The molecule has 0 unspecified atom stereocenters. The van der Waals surface area contributed by atoms with Gasteiger partial charge in [0.2, 0.25) is 0 Å². The molecule has 41 heteroatoms. The number of halogens is 7. The van der Waals surface area contributed by atoms with Gasteiger partial charge in [-0.15, -0.1) is 0 Å². The Morgan fingerprint density at radius 1 is 0.369 bits per heavy atom. The number of unbranched alkanes of at least 4 members (excludes halogenated alkanes) is 8. The van der Waals surface area contributed by atoms with Crippen molar-refractivity contribution in [2.75, 3.05) is 24.0 Å². The SMILES string of the molecule is CCCCCc1ccc(N(c2ccc(CCCCC)cc2)c2ccnc(-c3cc(C(F)(F)F)n[n-]3)c2)cc1.CCCCCc1ccc(N(c2ccc(CCCCC)cc2)c2ccnc(-c3cc(C(F)(F)F)n[n-]3)c2)cc1.CCc1ccnc(-c2cc(CC)cc(-c3cc(CC)ccn3)n2)c1.O=C=O.O=C=O.O=C=O.O=COc1ccnc(-c2cc(OC=O)cc(-c3cc(OC=O)ccn3)n2)c1.[2H]CF.[2H][N-]C.[2H][NH-].[N-]=C=S.[N-]=C=S.[Ru+2].[Ru+2]. The minimum absolute atomic E-state index is 0. The molecule has 0 fully saturated rings. The summed E-state index contributed by atoms with van der Waals surface area (Å²) >= 11 is 7.40. The minimum Gasteiger partial charge on any atom is -0.753 e. The summed E-state index contributed by atoms with van der Waals surface area (Å²) in [5.41, 5.74) is 21.1. The van der Waals surface area contributed by atoms with Crippen molar-refractivity contribution in [3.8, 4) is 85.6 Å². The molecule has 0 radical (unpaired) electrons. The molecule has 149 heavy (non-hydrogen) atoms. The smallest absolute Gasteiger partial charge is 0.753 e. The van der Waals surface area contributed by atoms with Crippen LogP contribution in [0.1, 0.15) is 177 Å². The second-order valence-electron chi connectivity index (χ2n) is 30.5. The average Bonchev–Trinajstić information content (AvgIpc) is 0.868. The Morgan fingerprint density at radius 2 is 0.604 bits per heavy atom. The van der Waals surface area contributed by atoms with Gasteiger partial charge < -0.3 is 67.1 Å². The van der Waals surface area contributed by atoms with Crippen LogP contribution in [-0.2, 0) is 139 Å². The maximum Gasteiger partial charge on any atom is 2.00 e. The van der Waals surface area contributed by atoms with Gasteiger partial charge in [0.15, 0.2) is 0 Å². The Labute approximate surface area is 901 Å². The molecule has 0 atom stereocenters. The van der Waals surface area contributed by atoms with Gasteiger partial charge in [0.05, 0.1) is 65.5 Å². The third-order valence-electron chi connectivity index (χ3n) is 20.9. The number of benzene rings is 4. The number of hydrogen-bond donors (Lipinski definition) is 0. The van der Waals surface area contributed by atoms with Crippen LogP contribution in [0.3, 0.4) is 0 Å². The Balaban J connectivity index is 0.000000954. The second kappa shape index (κ2) is 75.6. The maximum absolute atomic E-state index is 13.1. The van der Waals surface area contributed by atoms with Gasteiger partial charge in [-0.3, -0.25) is 48.7 Å². The molecule has 0 bridgehead atoms. The molecule has 0 saturated carbocycles. The van der Waals surface area contributed by atoms with Crippen LogP contribution in [0.2, 0.25) is 2.82 Å². The predicted molar refractivity (Wildman–Crippen MR) is 553 cm³/mol. The van der Waals surface area contributed by atoms with E-state index in [-0.39, 0.29) is 92.5 Å². The van der Waals surface area contributed by atoms with Crippen molar-refractivity contribution in [3.05, 3.63) is 316 Å². The number of anilines is 6. The summed E-state index contributed by atoms with van der Waals surface area (Å²) in [7, 11) is 0.417. The summed E-state index contributed by atoms with van der Waals surface area (Å²) in [6.07, 6.45) is 27.8. The van der Waals surface area contributed by atoms with Crippen LogP contribution in [-0.4, -0.2) is 112 Å². The van der Waals surface area contributed by atoms with Gasteiger partial charge in [0, 0.05) is 95.6 Å². The summed E-state index contributed by atoms with van der Waals surface area (Å²) in [5.74, 6) is 0.760. The summed E-state index contributed by atoms with van der Waals surface area (Å²) in [6.45, 7) is 16.1. The number of carbonyl (C=O) groups excluding carboxylic acids is 9. The van der Waals surface area contributed by atoms with Crippen LogP contribution in [0.25, 0.3) is 91.0 Å². The predicted octanol–water partition coefficient (Wildman–Crippen LogP) is 26.3. The second-order valence-corrected chi connectivity index (χ2v) is 30.9. The van der Waals surface area contributed by atoms with Crippen molar-refractivity contribution in [1.29, 1.82) is 0 Å². The fourth-order valence-electron chi connectivity index (χ4n) is 13.9. The van der Waals surface area contributed by atoms with E-state index in [1.165, 1.54) is 156 Å². The number of aromatic nitrogens is 12. The molecule has 0 aliphatic rings. The Hall–Kier alpha value is -15.1. The molecule has 30 nitrogen and oxygen atoms in total. The van der Waals surface area contributed by atoms with E-state index in [9.17, 15) is 45.1 Å². The number of aryl methyl sites for hydroxylation is 7. The molecule has 784 valence electrons. The van der Waals surface area contributed by atoms with Gasteiger partial charge in [-0.2, -0.15) is 75.3 Å². The van der Waals surface area contributed by atoms with Crippen LogP contribution >= 0.6 is 24.4 Å². The van der Waals surface area contributed by atoms with Crippen molar-refractivity contribution < 1.29 is 131 Å². The Morgan fingerprint density at radius 3 is 0.859 bits per heavy atom. The van der Waals surface area contributed by atoms with Gasteiger partial charge in [0.25, 0.3) is 19.4 Å². The van der Waals surface area contributed by atoms with Gasteiger partial charge >= 0.3 is 69.8 Å². The van der Waals surface area contributed by atoms with Gasteiger partial charge in [0.1, 0.15) is 28.6 Å². The first kappa shape index (κ1) is 126. The molecule has 4 aromatic carbocycles. The summed E-state index contributed by atoms with van der Waals surface area (Å²) in [5, 5.41) is 31.0. The van der Waals surface area contributed by atoms with Gasteiger partial charge in [-0.25, -0.2) is 9.97 Å². The maximum atomic E-state index is 13.1. The summed E-state index contributed by atoms with van der Waals surface area (Å²) in [6, 6.07) is 64.7. The van der Waals surface area contributed by atoms with Crippen molar-refractivity contribution in [1.82, 2.24) is 60.3 Å². The molecule has 14 aromatic rings. The van der Waals surface area contributed by atoms with Crippen molar-refractivity contribution in [2.45, 2.75) is 183 Å². The van der Waals surface area contributed by atoms with Crippen LogP contribution in [0.5, 0.6) is 17.2 Å². The number of thiocarbonyl (C=S) groups is 2. The number of pyridine rings is 8. The van der Waals surface area contributed by atoms with Crippen molar-refractivity contribution in [2.24, 2.45) is 0 Å². The molecule has 0 aliphatic heterocycles. The standard InChI is InChI=1S/2C31H34F3N4.C21H23N3.C18H11N3O6.CH3F.2CNS.CH4N.3CO2.H2N.2Ru/c2*1-3-5-7-9-23-11-15-25(16-12-23)38(26-17-13-24(14-18-26)10-8-6-4-2)27-19-20-35-28(21-27)29-22-30(37-36-29)31(32,33)34;1-4-15-7-9-22-18(11-15)20-13-17(6-3)14-21(24-20)19-12-16(5-2)8-10-23-19;22-9-25-12-1-3-19-15(5-12)17-7-14(27-11-24)8-18(21-17)16-6-13(26-10-23)2-4-20-16;1-2;2*2-1-3;1-2;3*2-1-3;;;/h2*11-22H,3-10H2,1-2H3;7-14H,4-6H2,1-3H3;1-11H;1H3;;;2H,1H3;;;;1H2;;/q2*-1;;;;3*-1;;;;-1;2*+2/i;;;;1D;;;;;;;;;/hD2. The van der Waals surface area contributed by atoms with E-state index in [1.807, 2.05) is 24.5 Å². The number of nitrogens with zero attached hydrogens (tertiary/aromatic N) is 16. The average molecular weight is 2260 g/mol. The van der Waals surface area contributed by atoms with Crippen LogP contribution in [0.4, 0.5) is 64.9 Å². The normalized spacial score (nSPS) is 10.0. The van der Waals surface area contributed by atoms with E-state index < -0.39 is 30.9 Å². The number of nitrogens with two attached hydrogens (primary N) is 1. The monoisotopic (exact) mass is 2260 g/mol. The first-order valence-electron chi connectivity index (χ1n) is 47.4. The molecule has 14 rings (SSSR count). The third kappa shape index (κ3) is 46.3. The number of nitrogens with one attached hydrogen (secondary N) is 1. The number of carbonyl (C=O) groups is 3. The Bertz CT molecular complexity index is 5980. The fraction of sp³-hybridized carbons (Fsp3) is 0.278. The summed E-state index contributed by atoms with van der Waals surface area (Å²) in [4.78, 5) is 120. The molecule has 0 spiro atoms. The zero-order valence-corrected chi connectivity index (χ0v) is 87.7. The largest absolute Gasteiger partial charge is 2.00 e. The zero-order chi connectivity index (χ0) is 111. The van der Waals surface area contributed by atoms with Crippen LogP contribution in [0, 0.1) is 0 Å². The number of ether oxygens (including phenoxy) is 3. The minimum atomic E-state index is -4.55. The zero-order valence-electron chi connectivity index (χ0n) is 85.6. The topological polar surface area (TPSA) is 447 Å². The number of rotatable bonds is 37. The Kier molecular flexibility index (Phi) is 64.0. The van der Waals surface area contributed by atoms with Gasteiger partial charge in [-0.05, 0) is 243 Å². The molecule has 10 heterocycles. The van der Waals surface area contributed by atoms with E-state index in [0.717, 1.165) is 140 Å². The molecule has 0 saturated heterocycles. The van der Waals surface area contributed by atoms with E-state index >= 15 is 0 Å². The van der Waals surface area contributed by atoms with E-state index in [2.05, 4.69) is 277 Å². The molecule has 0 amide bonds. The quantitative estimate of drug-likeness (QED) is 0.00871. The molecular weight excluding hydrogens is 2140 g/mol. The fourth-order valence-corrected chi connectivity index (χ4v) is 13.9. The van der Waals surface area contributed by atoms with Crippen molar-refractivity contribution in [3.63, 3.8) is 0 Å². The number of isothiocyanates is 2. The molecular formula is C108H111F7N18O12Ru2S2-2.